The average Bonchev–Trinajstić information content (AvgIpc) is 2.32. The fourth-order valence-electron chi connectivity index (χ4n) is 0.846. The molecule has 0 fully saturated rings. The first kappa shape index (κ1) is 9.25. The molecule has 0 atom stereocenters. The number of rotatable bonds is 1. The average molecular weight is 232 g/mol. The Morgan fingerprint density at radius 2 is 2.25 bits per heavy atom. The normalized spacial score (nSPS) is 10.0. The molecule has 66 valence electrons. The highest BCUT2D eigenvalue weighted by molar-refractivity contribution is 9.10. The van der Waals surface area contributed by atoms with E-state index in [2.05, 4.69) is 26.3 Å². The molecule has 1 heterocycles. The molecule has 12 heavy (non-hydrogen) atoms. The summed E-state index contributed by atoms with van der Waals surface area (Å²) in [5.74, 6) is -0.175. The van der Waals surface area contributed by atoms with Gasteiger partial charge in [0.05, 0.1) is 10.2 Å². The zero-order valence-corrected chi connectivity index (χ0v) is 8.77. The van der Waals surface area contributed by atoms with Gasteiger partial charge in [0, 0.05) is 14.1 Å². The van der Waals surface area contributed by atoms with E-state index in [1.807, 2.05) is 6.92 Å². The summed E-state index contributed by atoms with van der Waals surface area (Å²) in [5, 5.41) is 6.56. The molecule has 0 bridgehead atoms. The van der Waals surface area contributed by atoms with Crippen LogP contribution in [0.3, 0.4) is 0 Å². The Labute approximate surface area is 79.1 Å². The van der Waals surface area contributed by atoms with Crippen LogP contribution in [0.15, 0.2) is 4.47 Å². The number of halogens is 1. The lowest BCUT2D eigenvalue weighted by Gasteiger charge is -1.93. The first-order valence-corrected chi connectivity index (χ1v) is 4.28. The van der Waals surface area contributed by atoms with E-state index in [-0.39, 0.29) is 5.91 Å². The smallest absolute Gasteiger partial charge is 0.272 e. The minimum absolute atomic E-state index is 0.175. The van der Waals surface area contributed by atoms with Gasteiger partial charge < -0.3 is 5.32 Å². The lowest BCUT2D eigenvalue weighted by Crippen LogP contribution is -2.19. The molecule has 0 saturated heterocycles. The number of carbonyl (C=O) groups excluding carboxylic acids is 1. The molecule has 0 radical (unpaired) electrons. The highest BCUT2D eigenvalue weighted by Crippen LogP contribution is 2.19. The number of aromatic nitrogens is 2. The van der Waals surface area contributed by atoms with Gasteiger partial charge in [0.2, 0.25) is 0 Å². The Bertz CT molecular complexity index is 319. The first-order valence-electron chi connectivity index (χ1n) is 3.49. The molecule has 1 aromatic rings. The number of hydrogen-bond acceptors (Lipinski definition) is 2. The van der Waals surface area contributed by atoms with Crippen LogP contribution in [0.5, 0.6) is 0 Å². The molecule has 0 aliphatic heterocycles. The fourth-order valence-corrected chi connectivity index (χ4v) is 1.36. The zero-order chi connectivity index (χ0) is 9.30. The second-order valence-corrected chi connectivity index (χ2v) is 3.24. The van der Waals surface area contributed by atoms with Crippen LogP contribution < -0.4 is 5.32 Å². The number of carbonyl (C=O) groups is 1. The predicted octanol–water partition coefficient (Wildman–Crippen LogP) is 0.851. The van der Waals surface area contributed by atoms with Crippen molar-refractivity contribution in [3.8, 4) is 0 Å². The van der Waals surface area contributed by atoms with Crippen LogP contribution in [0.4, 0.5) is 0 Å². The standard InChI is InChI=1S/C7H10BrN3O/c1-4-5(8)6(7(12)9-2)10-11(4)3/h1-3H3,(H,9,12). The van der Waals surface area contributed by atoms with Gasteiger partial charge in [-0.2, -0.15) is 5.10 Å². The summed E-state index contributed by atoms with van der Waals surface area (Å²) in [6.07, 6.45) is 0. The van der Waals surface area contributed by atoms with Crippen LogP contribution in [0.25, 0.3) is 0 Å². The van der Waals surface area contributed by atoms with Crippen molar-refractivity contribution in [1.82, 2.24) is 15.1 Å². The van der Waals surface area contributed by atoms with Gasteiger partial charge in [-0.05, 0) is 22.9 Å². The quantitative estimate of drug-likeness (QED) is 0.780. The zero-order valence-electron chi connectivity index (χ0n) is 7.18. The van der Waals surface area contributed by atoms with E-state index in [0.717, 1.165) is 10.2 Å². The van der Waals surface area contributed by atoms with E-state index in [9.17, 15) is 4.79 Å². The van der Waals surface area contributed by atoms with E-state index in [0.29, 0.717) is 5.69 Å². The highest BCUT2D eigenvalue weighted by Gasteiger charge is 2.15. The predicted molar refractivity (Wildman–Crippen MR) is 49.0 cm³/mol. The van der Waals surface area contributed by atoms with Crippen LogP contribution in [0.1, 0.15) is 16.2 Å². The maximum atomic E-state index is 11.2. The van der Waals surface area contributed by atoms with Crippen LogP contribution >= 0.6 is 15.9 Å². The van der Waals surface area contributed by atoms with Gasteiger partial charge in [-0.15, -0.1) is 0 Å². The third-order valence-electron chi connectivity index (χ3n) is 1.70. The van der Waals surface area contributed by atoms with Crippen molar-refractivity contribution in [3.63, 3.8) is 0 Å². The highest BCUT2D eigenvalue weighted by atomic mass is 79.9. The maximum absolute atomic E-state index is 11.2. The van der Waals surface area contributed by atoms with Crippen molar-refractivity contribution in [2.24, 2.45) is 7.05 Å². The molecule has 1 rings (SSSR count). The molecule has 0 aromatic carbocycles. The third kappa shape index (κ3) is 1.36. The number of nitrogens with zero attached hydrogens (tertiary/aromatic N) is 2. The van der Waals surface area contributed by atoms with Crippen LogP contribution in [0, 0.1) is 6.92 Å². The molecule has 1 amide bonds. The molecule has 0 aliphatic carbocycles. The summed E-state index contributed by atoms with van der Waals surface area (Å²) in [6, 6.07) is 0. The molecule has 0 unspecified atom stereocenters. The Balaban J connectivity index is 3.17. The number of amides is 1. The summed E-state index contributed by atoms with van der Waals surface area (Å²) < 4.78 is 2.42. The summed E-state index contributed by atoms with van der Waals surface area (Å²) in [7, 11) is 3.38. The molecule has 1 N–H and O–H groups in total. The second-order valence-electron chi connectivity index (χ2n) is 2.45. The van der Waals surface area contributed by atoms with E-state index in [1.54, 1.807) is 18.8 Å². The monoisotopic (exact) mass is 231 g/mol. The largest absolute Gasteiger partial charge is 0.354 e. The number of hydrogen-bond donors (Lipinski definition) is 1. The van der Waals surface area contributed by atoms with Gasteiger partial charge in [-0.1, -0.05) is 0 Å². The van der Waals surface area contributed by atoms with Crippen molar-refractivity contribution in [3.05, 3.63) is 15.9 Å². The molecule has 4 nitrogen and oxygen atoms in total. The van der Waals surface area contributed by atoms with Crippen molar-refractivity contribution in [1.29, 1.82) is 0 Å². The summed E-state index contributed by atoms with van der Waals surface area (Å²) in [6.45, 7) is 1.89. The number of nitrogens with one attached hydrogen (secondary N) is 1. The first-order chi connectivity index (χ1) is 5.57. The van der Waals surface area contributed by atoms with Crippen molar-refractivity contribution in [2.45, 2.75) is 6.92 Å². The molecule has 5 heteroatoms. The van der Waals surface area contributed by atoms with Crippen molar-refractivity contribution < 1.29 is 4.79 Å². The van der Waals surface area contributed by atoms with Crippen LogP contribution in [-0.4, -0.2) is 22.7 Å². The molecule has 1 aromatic heterocycles. The minimum Gasteiger partial charge on any atom is -0.354 e. The van der Waals surface area contributed by atoms with Crippen molar-refractivity contribution >= 4 is 21.8 Å². The molecular formula is C7H10BrN3O. The van der Waals surface area contributed by atoms with Crippen LogP contribution in [0.2, 0.25) is 0 Å². The topological polar surface area (TPSA) is 46.9 Å². The Kier molecular flexibility index (Phi) is 2.52. The third-order valence-corrected chi connectivity index (χ3v) is 2.65. The van der Waals surface area contributed by atoms with Crippen molar-refractivity contribution in [2.75, 3.05) is 7.05 Å². The summed E-state index contributed by atoms with van der Waals surface area (Å²) in [5.41, 5.74) is 1.37. The van der Waals surface area contributed by atoms with E-state index in [1.165, 1.54) is 0 Å². The van der Waals surface area contributed by atoms with Gasteiger partial charge in [-0.3, -0.25) is 9.48 Å². The molecule has 0 aliphatic rings. The second kappa shape index (κ2) is 3.26. The van der Waals surface area contributed by atoms with Gasteiger partial charge >= 0.3 is 0 Å². The van der Waals surface area contributed by atoms with Gasteiger partial charge in [0.25, 0.3) is 5.91 Å². The van der Waals surface area contributed by atoms with Crippen LogP contribution in [-0.2, 0) is 7.05 Å². The summed E-state index contributed by atoms with van der Waals surface area (Å²) in [4.78, 5) is 11.2. The fraction of sp³-hybridized carbons (Fsp3) is 0.429. The van der Waals surface area contributed by atoms with Gasteiger partial charge in [0.15, 0.2) is 5.69 Å². The lowest BCUT2D eigenvalue weighted by atomic mass is 10.3. The Morgan fingerprint density at radius 1 is 1.67 bits per heavy atom. The Morgan fingerprint density at radius 3 is 2.58 bits per heavy atom. The minimum atomic E-state index is -0.175. The Hall–Kier alpha value is -0.840. The van der Waals surface area contributed by atoms with E-state index >= 15 is 0 Å². The van der Waals surface area contributed by atoms with Gasteiger partial charge in [-0.25, -0.2) is 0 Å². The SMILES string of the molecule is CNC(=O)c1nn(C)c(C)c1Br. The van der Waals surface area contributed by atoms with E-state index in [4.69, 9.17) is 0 Å². The van der Waals surface area contributed by atoms with E-state index < -0.39 is 0 Å². The number of aryl methyl sites for hydroxylation is 1. The molecule has 0 spiro atoms. The summed E-state index contributed by atoms with van der Waals surface area (Å²) >= 11 is 3.30. The molecule has 0 saturated carbocycles. The lowest BCUT2D eigenvalue weighted by molar-refractivity contribution is 0.0956. The van der Waals surface area contributed by atoms with Gasteiger partial charge in [0.1, 0.15) is 0 Å². The molecular weight excluding hydrogens is 222 g/mol. The maximum Gasteiger partial charge on any atom is 0.272 e.